The van der Waals surface area contributed by atoms with E-state index in [0.717, 1.165) is 24.1 Å². The van der Waals surface area contributed by atoms with E-state index in [0.29, 0.717) is 6.42 Å². The Morgan fingerprint density at radius 3 is 2.61 bits per heavy atom. The van der Waals surface area contributed by atoms with E-state index in [-0.39, 0.29) is 5.78 Å². The molecule has 0 spiro atoms. The van der Waals surface area contributed by atoms with Gasteiger partial charge in [-0.1, -0.05) is 30.3 Å². The summed E-state index contributed by atoms with van der Waals surface area (Å²) in [5.74, 6) is 0.217. The number of hydrogen-bond donors (Lipinski definition) is 0. The monoisotopic (exact) mass is 242 g/mol. The predicted octanol–water partition coefficient (Wildman–Crippen LogP) is 2.93. The molecule has 1 aromatic heterocycles. The minimum atomic E-state index is 0.217. The van der Waals surface area contributed by atoms with Gasteiger partial charge in [0.15, 0.2) is 5.78 Å². The second-order valence-corrected chi connectivity index (χ2v) is 4.54. The Labute approximate surface area is 107 Å². The highest BCUT2D eigenvalue weighted by Gasteiger charge is 2.06. The van der Waals surface area contributed by atoms with Gasteiger partial charge < -0.3 is 0 Å². The van der Waals surface area contributed by atoms with Crippen molar-refractivity contribution in [2.24, 2.45) is 7.05 Å². The number of aryl methyl sites for hydroxylation is 3. The van der Waals surface area contributed by atoms with Crippen LogP contribution < -0.4 is 0 Å². The number of carbonyl (C=O) groups is 1. The highest BCUT2D eigenvalue weighted by molar-refractivity contribution is 5.95. The van der Waals surface area contributed by atoms with Crippen LogP contribution in [0.15, 0.2) is 36.4 Å². The van der Waals surface area contributed by atoms with Crippen LogP contribution >= 0.6 is 0 Å². The molecule has 94 valence electrons. The van der Waals surface area contributed by atoms with Crippen molar-refractivity contribution in [3.8, 4) is 0 Å². The normalized spacial score (nSPS) is 10.6. The van der Waals surface area contributed by atoms with Crippen molar-refractivity contribution in [2.45, 2.75) is 26.2 Å². The summed E-state index contributed by atoms with van der Waals surface area (Å²) in [5, 5.41) is 4.30. The molecule has 0 bridgehead atoms. The highest BCUT2D eigenvalue weighted by atomic mass is 16.1. The van der Waals surface area contributed by atoms with Crippen molar-refractivity contribution in [3.05, 3.63) is 53.3 Å². The van der Waals surface area contributed by atoms with Gasteiger partial charge in [-0.25, -0.2) is 0 Å². The molecule has 0 saturated carbocycles. The van der Waals surface area contributed by atoms with Crippen molar-refractivity contribution in [1.29, 1.82) is 0 Å². The maximum absolute atomic E-state index is 11.9. The fraction of sp³-hybridized carbons (Fsp3) is 0.333. The second kappa shape index (κ2) is 5.63. The van der Waals surface area contributed by atoms with Gasteiger partial charge in [-0.2, -0.15) is 5.10 Å². The van der Waals surface area contributed by atoms with Crippen LogP contribution in [0.1, 0.15) is 34.6 Å². The molecule has 0 amide bonds. The Morgan fingerprint density at radius 1 is 1.28 bits per heavy atom. The van der Waals surface area contributed by atoms with Gasteiger partial charge in [0.2, 0.25) is 0 Å². The SMILES string of the molecule is Cc1cc(CCCC(=O)c2ccccc2)n(C)n1. The van der Waals surface area contributed by atoms with Crippen LogP contribution in [0.3, 0.4) is 0 Å². The summed E-state index contributed by atoms with van der Waals surface area (Å²) in [7, 11) is 1.95. The smallest absolute Gasteiger partial charge is 0.162 e. The molecule has 1 heterocycles. The maximum Gasteiger partial charge on any atom is 0.162 e. The largest absolute Gasteiger partial charge is 0.294 e. The van der Waals surface area contributed by atoms with Crippen LogP contribution in [0, 0.1) is 6.92 Å². The lowest BCUT2D eigenvalue weighted by molar-refractivity contribution is 0.0980. The Kier molecular flexibility index (Phi) is 3.92. The number of Topliss-reactive ketones (excluding diaryl/α,β-unsaturated/α-hetero) is 1. The first-order chi connectivity index (χ1) is 8.66. The summed E-state index contributed by atoms with van der Waals surface area (Å²) in [6, 6.07) is 11.5. The minimum absolute atomic E-state index is 0.217. The van der Waals surface area contributed by atoms with Gasteiger partial charge in [0, 0.05) is 24.7 Å². The lowest BCUT2D eigenvalue weighted by atomic mass is 10.0. The zero-order chi connectivity index (χ0) is 13.0. The summed E-state index contributed by atoms with van der Waals surface area (Å²) in [4.78, 5) is 11.9. The standard InChI is InChI=1S/C15H18N2O/c1-12-11-14(17(2)16-12)9-6-10-15(18)13-7-4-3-5-8-13/h3-5,7-8,11H,6,9-10H2,1-2H3. The summed E-state index contributed by atoms with van der Waals surface area (Å²) < 4.78 is 1.89. The lowest BCUT2D eigenvalue weighted by Crippen LogP contribution is -2.02. The number of rotatable bonds is 5. The third kappa shape index (κ3) is 3.06. The summed E-state index contributed by atoms with van der Waals surface area (Å²) in [6.45, 7) is 1.98. The van der Waals surface area contributed by atoms with Gasteiger partial charge in [0.25, 0.3) is 0 Å². The van der Waals surface area contributed by atoms with Gasteiger partial charge in [0.05, 0.1) is 5.69 Å². The Bertz CT molecular complexity index is 529. The van der Waals surface area contributed by atoms with Crippen molar-refractivity contribution in [1.82, 2.24) is 9.78 Å². The van der Waals surface area contributed by atoms with Crippen LogP contribution in [0.25, 0.3) is 0 Å². The molecule has 0 N–H and O–H groups in total. The number of hydrogen-bond acceptors (Lipinski definition) is 2. The van der Waals surface area contributed by atoms with Crippen LogP contribution in [0.4, 0.5) is 0 Å². The molecule has 18 heavy (non-hydrogen) atoms. The third-order valence-corrected chi connectivity index (χ3v) is 3.03. The first kappa shape index (κ1) is 12.6. The first-order valence-corrected chi connectivity index (χ1v) is 6.24. The summed E-state index contributed by atoms with van der Waals surface area (Å²) >= 11 is 0. The molecular weight excluding hydrogens is 224 g/mol. The average molecular weight is 242 g/mol. The number of benzene rings is 1. The van der Waals surface area contributed by atoms with Crippen molar-refractivity contribution < 1.29 is 4.79 Å². The van der Waals surface area contributed by atoms with E-state index in [1.165, 1.54) is 5.69 Å². The molecule has 0 aliphatic rings. The fourth-order valence-electron chi connectivity index (χ4n) is 2.10. The lowest BCUT2D eigenvalue weighted by Gasteiger charge is -2.02. The molecule has 2 aromatic rings. The maximum atomic E-state index is 11.9. The molecule has 0 atom stereocenters. The average Bonchev–Trinajstić information content (AvgIpc) is 2.69. The number of ketones is 1. The molecule has 0 fully saturated rings. The molecule has 3 heteroatoms. The van der Waals surface area contributed by atoms with Crippen LogP contribution in [-0.2, 0) is 13.5 Å². The van der Waals surface area contributed by atoms with E-state index in [9.17, 15) is 4.79 Å². The number of nitrogens with zero attached hydrogens (tertiary/aromatic N) is 2. The van der Waals surface area contributed by atoms with E-state index in [2.05, 4.69) is 11.2 Å². The summed E-state index contributed by atoms with van der Waals surface area (Å²) in [5.41, 5.74) is 3.02. The Balaban J connectivity index is 1.86. The number of carbonyl (C=O) groups excluding carboxylic acids is 1. The van der Waals surface area contributed by atoms with Gasteiger partial charge in [-0.05, 0) is 25.8 Å². The molecule has 0 aliphatic heterocycles. The van der Waals surface area contributed by atoms with E-state index < -0.39 is 0 Å². The zero-order valence-corrected chi connectivity index (χ0v) is 10.9. The van der Waals surface area contributed by atoms with Gasteiger partial charge in [0.1, 0.15) is 0 Å². The van der Waals surface area contributed by atoms with E-state index >= 15 is 0 Å². The minimum Gasteiger partial charge on any atom is -0.294 e. The van der Waals surface area contributed by atoms with Crippen LogP contribution in [0.5, 0.6) is 0 Å². The second-order valence-electron chi connectivity index (χ2n) is 4.54. The Morgan fingerprint density at radius 2 is 2.00 bits per heavy atom. The molecular formula is C15H18N2O. The molecule has 0 radical (unpaired) electrons. The van der Waals surface area contributed by atoms with Crippen LogP contribution in [-0.4, -0.2) is 15.6 Å². The topological polar surface area (TPSA) is 34.9 Å². The zero-order valence-electron chi connectivity index (χ0n) is 10.9. The predicted molar refractivity (Wildman–Crippen MR) is 71.7 cm³/mol. The number of aromatic nitrogens is 2. The Hall–Kier alpha value is -1.90. The first-order valence-electron chi connectivity index (χ1n) is 6.24. The quantitative estimate of drug-likeness (QED) is 0.756. The van der Waals surface area contributed by atoms with Gasteiger partial charge in [-0.3, -0.25) is 9.48 Å². The fourth-order valence-corrected chi connectivity index (χ4v) is 2.10. The van der Waals surface area contributed by atoms with Crippen molar-refractivity contribution in [3.63, 3.8) is 0 Å². The molecule has 2 rings (SSSR count). The molecule has 0 aliphatic carbocycles. The highest BCUT2D eigenvalue weighted by Crippen LogP contribution is 2.10. The van der Waals surface area contributed by atoms with Crippen molar-refractivity contribution >= 4 is 5.78 Å². The van der Waals surface area contributed by atoms with Crippen LogP contribution in [0.2, 0.25) is 0 Å². The molecule has 0 unspecified atom stereocenters. The van der Waals surface area contributed by atoms with Gasteiger partial charge in [-0.15, -0.1) is 0 Å². The molecule has 3 nitrogen and oxygen atoms in total. The molecule has 0 saturated heterocycles. The van der Waals surface area contributed by atoms with Gasteiger partial charge >= 0.3 is 0 Å². The van der Waals surface area contributed by atoms with Crippen molar-refractivity contribution in [2.75, 3.05) is 0 Å². The van der Waals surface area contributed by atoms with E-state index in [1.54, 1.807) is 0 Å². The molecule has 1 aromatic carbocycles. The van der Waals surface area contributed by atoms with E-state index in [1.807, 2.05) is 49.0 Å². The third-order valence-electron chi connectivity index (χ3n) is 3.03. The van der Waals surface area contributed by atoms with E-state index in [4.69, 9.17) is 0 Å². The summed E-state index contributed by atoms with van der Waals surface area (Å²) in [6.07, 6.45) is 2.36.